The van der Waals surface area contributed by atoms with Crippen LogP contribution >= 0.6 is 0 Å². The molecular weight excluding hydrogens is 224 g/mol. The predicted octanol–water partition coefficient (Wildman–Crippen LogP) is 3.29. The summed E-state index contributed by atoms with van der Waals surface area (Å²) in [6.45, 7) is 6.88. The van der Waals surface area contributed by atoms with E-state index in [-0.39, 0.29) is 0 Å². The molecule has 0 radical (unpaired) electrons. The van der Waals surface area contributed by atoms with Crippen LogP contribution in [0.5, 0.6) is 5.75 Å². The number of anilines is 2. The van der Waals surface area contributed by atoms with Crippen LogP contribution in [0.15, 0.2) is 18.2 Å². The van der Waals surface area contributed by atoms with Gasteiger partial charge in [-0.2, -0.15) is 0 Å². The van der Waals surface area contributed by atoms with Gasteiger partial charge in [0, 0.05) is 24.8 Å². The molecule has 1 aliphatic heterocycles. The number of nitrogen functional groups attached to an aromatic ring is 1. The SMILES string of the molecule is CCC1(CC)CCN(c2ccc(N)c(OC)c2)C1. The highest BCUT2D eigenvalue weighted by Gasteiger charge is 2.35. The minimum atomic E-state index is 0.495. The zero-order valence-electron chi connectivity index (χ0n) is 11.7. The van der Waals surface area contributed by atoms with Gasteiger partial charge >= 0.3 is 0 Å². The van der Waals surface area contributed by atoms with Crippen LogP contribution in [0.2, 0.25) is 0 Å². The third-order valence-electron chi connectivity index (χ3n) is 4.52. The Balaban J connectivity index is 2.19. The van der Waals surface area contributed by atoms with Crippen molar-refractivity contribution in [2.24, 2.45) is 5.41 Å². The number of hydrogen-bond donors (Lipinski definition) is 1. The van der Waals surface area contributed by atoms with Gasteiger partial charge in [0.25, 0.3) is 0 Å². The Kier molecular flexibility index (Phi) is 3.69. The van der Waals surface area contributed by atoms with Crippen molar-refractivity contribution >= 4 is 11.4 Å². The van der Waals surface area contributed by atoms with E-state index in [1.165, 1.54) is 24.9 Å². The van der Waals surface area contributed by atoms with Gasteiger partial charge in [-0.05, 0) is 36.8 Å². The number of benzene rings is 1. The zero-order valence-corrected chi connectivity index (χ0v) is 11.7. The summed E-state index contributed by atoms with van der Waals surface area (Å²) >= 11 is 0. The van der Waals surface area contributed by atoms with Crippen molar-refractivity contribution in [3.8, 4) is 5.75 Å². The van der Waals surface area contributed by atoms with Crippen molar-refractivity contribution in [2.75, 3.05) is 30.8 Å². The highest BCUT2D eigenvalue weighted by atomic mass is 16.5. The van der Waals surface area contributed by atoms with Crippen LogP contribution in [0.4, 0.5) is 11.4 Å². The Morgan fingerprint density at radius 1 is 1.33 bits per heavy atom. The largest absolute Gasteiger partial charge is 0.495 e. The summed E-state index contributed by atoms with van der Waals surface area (Å²) in [6, 6.07) is 6.09. The first-order chi connectivity index (χ1) is 8.64. The molecule has 0 spiro atoms. The van der Waals surface area contributed by atoms with Gasteiger partial charge in [0.1, 0.15) is 5.75 Å². The second-order valence-corrected chi connectivity index (χ2v) is 5.30. The van der Waals surface area contributed by atoms with Crippen molar-refractivity contribution in [3.05, 3.63) is 18.2 Å². The fraction of sp³-hybridized carbons (Fsp3) is 0.600. The predicted molar refractivity (Wildman–Crippen MR) is 77.3 cm³/mol. The standard InChI is InChI=1S/C15H24N2O/c1-4-15(5-2)8-9-17(11-15)12-6-7-13(16)14(10-12)18-3/h6-7,10H,4-5,8-9,11,16H2,1-3H3. The van der Waals surface area contributed by atoms with Gasteiger partial charge in [-0.3, -0.25) is 0 Å². The minimum Gasteiger partial charge on any atom is -0.495 e. The van der Waals surface area contributed by atoms with Gasteiger partial charge in [0.2, 0.25) is 0 Å². The molecule has 0 unspecified atom stereocenters. The second-order valence-electron chi connectivity index (χ2n) is 5.30. The van der Waals surface area contributed by atoms with Crippen LogP contribution in [-0.4, -0.2) is 20.2 Å². The maximum Gasteiger partial charge on any atom is 0.143 e. The summed E-state index contributed by atoms with van der Waals surface area (Å²) in [5, 5.41) is 0. The zero-order chi connectivity index (χ0) is 13.2. The van der Waals surface area contributed by atoms with E-state index in [2.05, 4.69) is 30.9 Å². The molecule has 0 atom stereocenters. The summed E-state index contributed by atoms with van der Waals surface area (Å²) in [4.78, 5) is 2.45. The van der Waals surface area contributed by atoms with Crippen LogP contribution in [0, 0.1) is 5.41 Å². The van der Waals surface area contributed by atoms with E-state index in [4.69, 9.17) is 10.5 Å². The Hall–Kier alpha value is -1.38. The van der Waals surface area contributed by atoms with Gasteiger partial charge < -0.3 is 15.4 Å². The van der Waals surface area contributed by atoms with Gasteiger partial charge in [0.15, 0.2) is 0 Å². The molecule has 1 saturated heterocycles. The van der Waals surface area contributed by atoms with E-state index in [1.54, 1.807) is 7.11 Å². The quantitative estimate of drug-likeness (QED) is 0.831. The smallest absolute Gasteiger partial charge is 0.143 e. The monoisotopic (exact) mass is 248 g/mol. The van der Waals surface area contributed by atoms with Crippen LogP contribution in [-0.2, 0) is 0 Å². The number of ether oxygens (including phenoxy) is 1. The molecule has 1 heterocycles. The minimum absolute atomic E-state index is 0.495. The first kappa shape index (κ1) is 13.1. The molecule has 1 aromatic carbocycles. The molecule has 1 aliphatic rings. The number of rotatable bonds is 4. The number of nitrogens with zero attached hydrogens (tertiary/aromatic N) is 1. The lowest BCUT2D eigenvalue weighted by molar-refractivity contribution is 0.301. The molecule has 0 bridgehead atoms. The average Bonchev–Trinajstić information content (AvgIpc) is 2.84. The number of methoxy groups -OCH3 is 1. The van der Waals surface area contributed by atoms with Crippen molar-refractivity contribution in [3.63, 3.8) is 0 Å². The average molecular weight is 248 g/mol. The number of hydrogen-bond acceptors (Lipinski definition) is 3. The first-order valence-corrected chi connectivity index (χ1v) is 6.82. The maximum atomic E-state index is 5.86. The lowest BCUT2D eigenvalue weighted by Crippen LogP contribution is -2.26. The second kappa shape index (κ2) is 5.09. The van der Waals surface area contributed by atoms with Crippen LogP contribution < -0.4 is 15.4 Å². The van der Waals surface area contributed by atoms with E-state index in [9.17, 15) is 0 Å². The Bertz CT molecular complexity index is 413. The summed E-state index contributed by atoms with van der Waals surface area (Å²) in [7, 11) is 1.67. The summed E-state index contributed by atoms with van der Waals surface area (Å²) in [5.41, 5.74) is 8.29. The number of nitrogens with two attached hydrogens (primary N) is 1. The van der Waals surface area contributed by atoms with Gasteiger partial charge in [-0.15, -0.1) is 0 Å². The van der Waals surface area contributed by atoms with E-state index < -0.39 is 0 Å². The van der Waals surface area contributed by atoms with E-state index in [0.29, 0.717) is 11.1 Å². The molecule has 2 rings (SSSR count). The van der Waals surface area contributed by atoms with Gasteiger partial charge in [-0.1, -0.05) is 13.8 Å². The Labute approximate surface area is 110 Å². The molecule has 1 aromatic rings. The van der Waals surface area contributed by atoms with Crippen molar-refractivity contribution < 1.29 is 4.74 Å². The van der Waals surface area contributed by atoms with Gasteiger partial charge in [0.05, 0.1) is 12.8 Å². The highest BCUT2D eigenvalue weighted by molar-refractivity contribution is 5.62. The highest BCUT2D eigenvalue weighted by Crippen LogP contribution is 2.40. The molecule has 100 valence electrons. The Morgan fingerprint density at radius 3 is 2.61 bits per heavy atom. The fourth-order valence-corrected chi connectivity index (χ4v) is 2.88. The van der Waals surface area contributed by atoms with Crippen molar-refractivity contribution in [1.82, 2.24) is 0 Å². The van der Waals surface area contributed by atoms with Crippen LogP contribution in [0.1, 0.15) is 33.1 Å². The molecular formula is C15H24N2O. The van der Waals surface area contributed by atoms with E-state index in [1.807, 2.05) is 6.07 Å². The molecule has 0 aliphatic carbocycles. The van der Waals surface area contributed by atoms with Crippen LogP contribution in [0.25, 0.3) is 0 Å². The van der Waals surface area contributed by atoms with Crippen molar-refractivity contribution in [2.45, 2.75) is 33.1 Å². The lowest BCUT2D eigenvalue weighted by Gasteiger charge is -2.27. The van der Waals surface area contributed by atoms with Crippen LogP contribution in [0.3, 0.4) is 0 Å². The molecule has 0 saturated carbocycles. The topological polar surface area (TPSA) is 38.5 Å². The summed E-state index contributed by atoms with van der Waals surface area (Å²) in [6.07, 6.45) is 3.80. The molecule has 1 fully saturated rings. The van der Waals surface area contributed by atoms with Crippen molar-refractivity contribution in [1.29, 1.82) is 0 Å². The third kappa shape index (κ3) is 2.26. The lowest BCUT2D eigenvalue weighted by atomic mass is 9.82. The molecule has 3 nitrogen and oxygen atoms in total. The summed E-state index contributed by atoms with van der Waals surface area (Å²) in [5.74, 6) is 0.776. The Morgan fingerprint density at radius 2 is 2.06 bits per heavy atom. The normalized spacial score (nSPS) is 18.1. The fourth-order valence-electron chi connectivity index (χ4n) is 2.88. The van der Waals surface area contributed by atoms with Gasteiger partial charge in [-0.25, -0.2) is 0 Å². The molecule has 0 amide bonds. The molecule has 2 N–H and O–H groups in total. The van der Waals surface area contributed by atoms with E-state index in [0.717, 1.165) is 18.8 Å². The van der Waals surface area contributed by atoms with E-state index >= 15 is 0 Å². The molecule has 0 aromatic heterocycles. The molecule has 18 heavy (non-hydrogen) atoms. The summed E-state index contributed by atoms with van der Waals surface area (Å²) < 4.78 is 5.30. The molecule has 3 heteroatoms. The first-order valence-electron chi connectivity index (χ1n) is 6.82. The maximum absolute atomic E-state index is 5.86. The third-order valence-corrected chi connectivity index (χ3v) is 4.52.